The third-order valence-electron chi connectivity index (χ3n) is 3.38. The highest BCUT2D eigenvalue weighted by molar-refractivity contribution is 5.92. The van der Waals surface area contributed by atoms with Crippen LogP contribution in [0.1, 0.15) is 29.7 Å². The molecule has 0 heterocycles. The molecule has 0 aliphatic rings. The van der Waals surface area contributed by atoms with Crippen LogP contribution in [-0.2, 0) is 4.79 Å². The Kier molecular flexibility index (Phi) is 4.77. The van der Waals surface area contributed by atoms with Crippen molar-refractivity contribution in [3.8, 4) is 0 Å². The number of hydrogen-bond donors (Lipinski definition) is 2. The maximum atomic E-state index is 12.0. The molecule has 0 saturated heterocycles. The number of hydrogen-bond acceptors (Lipinski definition) is 2. The fourth-order valence-corrected chi connectivity index (χ4v) is 2.19. The lowest BCUT2D eigenvalue weighted by Crippen LogP contribution is -2.25. The summed E-state index contributed by atoms with van der Waals surface area (Å²) in [4.78, 5) is 12.0. The summed E-state index contributed by atoms with van der Waals surface area (Å²) in [6.07, 6.45) is 3.32. The van der Waals surface area contributed by atoms with Crippen LogP contribution in [0.2, 0.25) is 0 Å². The van der Waals surface area contributed by atoms with Gasteiger partial charge in [0.1, 0.15) is 0 Å². The van der Waals surface area contributed by atoms with Gasteiger partial charge in [-0.05, 0) is 48.7 Å². The Morgan fingerprint density at radius 2 is 1.81 bits per heavy atom. The highest BCUT2D eigenvalue weighted by Gasteiger charge is 2.09. The van der Waals surface area contributed by atoms with Gasteiger partial charge in [0.25, 0.3) is 0 Å². The third-order valence-corrected chi connectivity index (χ3v) is 3.38. The molecule has 3 N–H and O–H groups in total. The number of benzene rings is 2. The Labute approximate surface area is 125 Å². The van der Waals surface area contributed by atoms with Crippen LogP contribution < -0.4 is 11.1 Å². The zero-order chi connectivity index (χ0) is 15.2. The second-order valence-electron chi connectivity index (χ2n) is 5.09. The quantitative estimate of drug-likeness (QED) is 0.665. The van der Waals surface area contributed by atoms with Crippen LogP contribution in [0.5, 0.6) is 0 Å². The second kappa shape index (κ2) is 6.75. The van der Waals surface area contributed by atoms with Crippen LogP contribution >= 0.6 is 0 Å². The number of aryl methyl sites for hydroxylation is 1. The topological polar surface area (TPSA) is 55.1 Å². The van der Waals surface area contributed by atoms with Gasteiger partial charge in [-0.3, -0.25) is 4.79 Å². The molecule has 1 atom stereocenters. The van der Waals surface area contributed by atoms with Crippen molar-refractivity contribution in [2.75, 3.05) is 5.73 Å². The van der Waals surface area contributed by atoms with Crippen molar-refractivity contribution >= 4 is 17.7 Å². The van der Waals surface area contributed by atoms with E-state index in [4.69, 9.17) is 5.73 Å². The summed E-state index contributed by atoms with van der Waals surface area (Å²) >= 11 is 0. The zero-order valence-corrected chi connectivity index (χ0v) is 12.3. The first-order chi connectivity index (χ1) is 10.1. The van der Waals surface area contributed by atoms with Gasteiger partial charge in [-0.1, -0.05) is 36.4 Å². The van der Waals surface area contributed by atoms with Gasteiger partial charge in [0, 0.05) is 11.8 Å². The van der Waals surface area contributed by atoms with Crippen molar-refractivity contribution in [3.05, 3.63) is 71.3 Å². The number of carbonyl (C=O) groups excluding carboxylic acids is 1. The molecule has 0 unspecified atom stereocenters. The van der Waals surface area contributed by atoms with Gasteiger partial charge in [-0.25, -0.2) is 0 Å². The van der Waals surface area contributed by atoms with Gasteiger partial charge in [0.2, 0.25) is 5.91 Å². The Morgan fingerprint density at radius 1 is 1.14 bits per heavy atom. The van der Waals surface area contributed by atoms with E-state index in [1.165, 1.54) is 5.56 Å². The minimum absolute atomic E-state index is 0.0187. The maximum absolute atomic E-state index is 12.0. The van der Waals surface area contributed by atoms with E-state index >= 15 is 0 Å². The summed E-state index contributed by atoms with van der Waals surface area (Å²) in [5.41, 5.74) is 9.59. The summed E-state index contributed by atoms with van der Waals surface area (Å²) in [5.74, 6) is -0.109. The molecule has 0 aromatic heterocycles. The van der Waals surface area contributed by atoms with E-state index in [-0.39, 0.29) is 11.9 Å². The average Bonchev–Trinajstić information content (AvgIpc) is 2.47. The molecule has 3 nitrogen and oxygen atoms in total. The molecular weight excluding hydrogens is 260 g/mol. The van der Waals surface area contributed by atoms with Gasteiger partial charge in [0.15, 0.2) is 0 Å². The van der Waals surface area contributed by atoms with Crippen LogP contribution in [0.25, 0.3) is 6.08 Å². The Bertz CT molecular complexity index is 645. The predicted octanol–water partition coefficient (Wildman–Crippen LogP) is 3.47. The molecule has 0 spiro atoms. The molecule has 2 aromatic rings. The zero-order valence-electron chi connectivity index (χ0n) is 12.3. The summed E-state index contributed by atoms with van der Waals surface area (Å²) < 4.78 is 0. The molecule has 3 heteroatoms. The highest BCUT2D eigenvalue weighted by Crippen LogP contribution is 2.16. The first-order valence-corrected chi connectivity index (χ1v) is 6.96. The Balaban J connectivity index is 1.98. The van der Waals surface area contributed by atoms with Crippen molar-refractivity contribution in [1.82, 2.24) is 5.32 Å². The largest absolute Gasteiger partial charge is 0.399 e. The first-order valence-electron chi connectivity index (χ1n) is 6.96. The standard InChI is InChI=1S/C18H20N2O/c1-13-5-3-4-6-17(13)14(2)20-18(21)12-9-15-7-10-16(19)11-8-15/h3-12,14H,19H2,1-2H3,(H,20,21)/b12-9+/t14-/m0/s1. The fraction of sp³-hybridized carbons (Fsp3) is 0.167. The van der Waals surface area contributed by atoms with Crippen molar-refractivity contribution in [2.45, 2.75) is 19.9 Å². The fourth-order valence-electron chi connectivity index (χ4n) is 2.19. The minimum atomic E-state index is -0.109. The van der Waals surface area contributed by atoms with E-state index in [2.05, 4.69) is 5.32 Å². The van der Waals surface area contributed by atoms with Crippen LogP contribution in [0.15, 0.2) is 54.6 Å². The SMILES string of the molecule is Cc1ccccc1[C@H](C)NC(=O)/C=C/c1ccc(N)cc1. The maximum Gasteiger partial charge on any atom is 0.244 e. The second-order valence-corrected chi connectivity index (χ2v) is 5.09. The van der Waals surface area contributed by atoms with E-state index in [0.29, 0.717) is 5.69 Å². The van der Waals surface area contributed by atoms with E-state index in [0.717, 1.165) is 11.1 Å². The van der Waals surface area contributed by atoms with Gasteiger partial charge in [0.05, 0.1) is 6.04 Å². The van der Waals surface area contributed by atoms with Crippen LogP contribution in [0.4, 0.5) is 5.69 Å². The summed E-state index contributed by atoms with van der Waals surface area (Å²) in [6.45, 7) is 4.03. The number of amides is 1. The summed E-state index contributed by atoms with van der Waals surface area (Å²) in [6, 6.07) is 15.4. The van der Waals surface area contributed by atoms with Gasteiger partial charge >= 0.3 is 0 Å². The average molecular weight is 280 g/mol. The molecule has 0 aliphatic heterocycles. The predicted molar refractivity (Wildman–Crippen MR) is 87.6 cm³/mol. The van der Waals surface area contributed by atoms with Gasteiger partial charge in [-0.15, -0.1) is 0 Å². The van der Waals surface area contributed by atoms with Crippen molar-refractivity contribution in [1.29, 1.82) is 0 Å². The number of anilines is 1. The smallest absolute Gasteiger partial charge is 0.244 e. The first kappa shape index (κ1) is 14.9. The Morgan fingerprint density at radius 3 is 2.48 bits per heavy atom. The lowest BCUT2D eigenvalue weighted by atomic mass is 10.0. The molecular formula is C18H20N2O. The Hall–Kier alpha value is -2.55. The molecule has 2 aromatic carbocycles. The number of nitrogen functional groups attached to an aromatic ring is 1. The van der Waals surface area contributed by atoms with Crippen molar-refractivity contribution in [2.24, 2.45) is 0 Å². The lowest BCUT2D eigenvalue weighted by molar-refractivity contribution is -0.117. The number of carbonyl (C=O) groups is 1. The minimum Gasteiger partial charge on any atom is -0.399 e. The molecule has 2 rings (SSSR count). The summed E-state index contributed by atoms with van der Waals surface area (Å²) in [7, 11) is 0. The highest BCUT2D eigenvalue weighted by atomic mass is 16.1. The van der Waals surface area contributed by atoms with Crippen LogP contribution in [-0.4, -0.2) is 5.91 Å². The number of nitrogens with one attached hydrogen (secondary N) is 1. The molecule has 0 saturated carbocycles. The number of nitrogens with two attached hydrogens (primary N) is 1. The van der Waals surface area contributed by atoms with E-state index in [1.54, 1.807) is 12.2 Å². The summed E-state index contributed by atoms with van der Waals surface area (Å²) in [5, 5.41) is 2.97. The van der Waals surface area contributed by atoms with Crippen LogP contribution in [0, 0.1) is 6.92 Å². The number of rotatable bonds is 4. The van der Waals surface area contributed by atoms with Crippen LogP contribution in [0.3, 0.4) is 0 Å². The van der Waals surface area contributed by atoms with E-state index in [9.17, 15) is 4.79 Å². The third kappa shape index (κ3) is 4.21. The van der Waals surface area contributed by atoms with Crippen molar-refractivity contribution < 1.29 is 4.79 Å². The van der Waals surface area contributed by atoms with Crippen molar-refractivity contribution in [3.63, 3.8) is 0 Å². The molecule has 108 valence electrons. The molecule has 0 fully saturated rings. The normalized spacial score (nSPS) is 12.3. The van der Waals surface area contributed by atoms with Gasteiger partial charge < -0.3 is 11.1 Å². The monoisotopic (exact) mass is 280 g/mol. The van der Waals surface area contributed by atoms with E-state index < -0.39 is 0 Å². The molecule has 0 bridgehead atoms. The molecule has 21 heavy (non-hydrogen) atoms. The molecule has 1 amide bonds. The lowest BCUT2D eigenvalue weighted by Gasteiger charge is -2.15. The molecule has 0 aliphatic carbocycles. The molecule has 0 radical (unpaired) electrons. The van der Waals surface area contributed by atoms with Gasteiger partial charge in [-0.2, -0.15) is 0 Å². The van der Waals surface area contributed by atoms with E-state index in [1.807, 2.05) is 62.4 Å².